The van der Waals surface area contributed by atoms with Crippen LogP contribution in [0.15, 0.2) is 12.4 Å². The van der Waals surface area contributed by atoms with E-state index >= 15 is 0 Å². The molecular weight excluding hydrogens is 187 g/mol. The van der Waals surface area contributed by atoms with E-state index in [0.717, 1.165) is 0 Å². The molecule has 0 aliphatic heterocycles. The van der Waals surface area contributed by atoms with Gasteiger partial charge in [0, 0.05) is 6.20 Å². The second kappa shape index (κ2) is 2.32. The van der Waals surface area contributed by atoms with Crippen molar-refractivity contribution in [3.63, 3.8) is 0 Å². The Hall–Kier alpha value is -0.870. The summed E-state index contributed by atoms with van der Waals surface area (Å²) in [5.41, 5.74) is 0. The molecular formula is C5H2Cl2N4. The molecule has 0 unspecified atom stereocenters. The lowest BCUT2D eigenvalue weighted by Gasteiger charge is -1.91. The Balaban J connectivity index is 2.87. The lowest BCUT2D eigenvalue weighted by Crippen LogP contribution is -1.86. The maximum atomic E-state index is 5.65. The zero-order valence-corrected chi connectivity index (χ0v) is 6.71. The molecule has 0 fully saturated rings. The minimum atomic E-state index is 0.259. The predicted molar refractivity (Wildman–Crippen MR) is 40.8 cm³/mol. The second-order valence-corrected chi connectivity index (χ2v) is 2.69. The fourth-order valence-electron chi connectivity index (χ4n) is 0.740. The molecule has 2 aromatic heterocycles. The molecule has 0 N–H and O–H groups in total. The van der Waals surface area contributed by atoms with Gasteiger partial charge in [-0.2, -0.15) is 0 Å². The summed E-state index contributed by atoms with van der Waals surface area (Å²) in [6.45, 7) is 0. The van der Waals surface area contributed by atoms with Gasteiger partial charge in [0.2, 0.25) is 5.28 Å². The minimum absolute atomic E-state index is 0.259. The number of halogens is 2. The summed E-state index contributed by atoms with van der Waals surface area (Å²) < 4.78 is 1.50. The van der Waals surface area contributed by atoms with E-state index in [1.165, 1.54) is 10.6 Å². The minimum Gasteiger partial charge on any atom is -0.256 e. The molecule has 4 nitrogen and oxygen atoms in total. The van der Waals surface area contributed by atoms with Gasteiger partial charge in [-0.1, -0.05) is 11.6 Å². The SMILES string of the molecule is Clc1cnc2nnc(Cl)n2c1. The summed E-state index contributed by atoms with van der Waals surface area (Å²) in [5, 5.41) is 8.02. The smallest absolute Gasteiger partial charge is 0.256 e. The van der Waals surface area contributed by atoms with Crippen molar-refractivity contribution in [1.82, 2.24) is 19.6 Å². The summed E-state index contributed by atoms with van der Waals surface area (Å²) in [6, 6.07) is 0. The zero-order valence-electron chi connectivity index (χ0n) is 5.20. The maximum Gasteiger partial charge on any atom is 0.256 e. The fraction of sp³-hybridized carbons (Fsp3) is 0. The molecule has 2 heterocycles. The Morgan fingerprint density at radius 3 is 2.91 bits per heavy atom. The molecule has 2 rings (SSSR count). The average molecular weight is 189 g/mol. The monoisotopic (exact) mass is 188 g/mol. The van der Waals surface area contributed by atoms with Crippen LogP contribution in [0.5, 0.6) is 0 Å². The Morgan fingerprint density at radius 1 is 1.27 bits per heavy atom. The molecule has 2 aromatic rings. The first-order valence-electron chi connectivity index (χ1n) is 2.79. The quantitative estimate of drug-likeness (QED) is 0.629. The number of hydrogen-bond acceptors (Lipinski definition) is 3. The van der Waals surface area contributed by atoms with Gasteiger partial charge >= 0.3 is 0 Å². The Labute approximate surface area is 71.8 Å². The van der Waals surface area contributed by atoms with Gasteiger partial charge in [0.25, 0.3) is 5.78 Å². The lowest BCUT2D eigenvalue weighted by atomic mass is 10.7. The van der Waals surface area contributed by atoms with Gasteiger partial charge in [-0.3, -0.25) is 4.40 Å². The first kappa shape index (κ1) is 6.82. The van der Waals surface area contributed by atoms with Gasteiger partial charge in [-0.15, -0.1) is 10.2 Å². The van der Waals surface area contributed by atoms with Crippen molar-refractivity contribution in [2.45, 2.75) is 0 Å². The molecule has 0 aliphatic carbocycles. The summed E-state index contributed by atoms with van der Waals surface area (Å²) in [7, 11) is 0. The van der Waals surface area contributed by atoms with E-state index in [-0.39, 0.29) is 5.28 Å². The summed E-state index contributed by atoms with van der Waals surface area (Å²) in [6.07, 6.45) is 3.09. The van der Waals surface area contributed by atoms with Crippen LogP contribution < -0.4 is 0 Å². The van der Waals surface area contributed by atoms with Crippen LogP contribution in [-0.4, -0.2) is 19.6 Å². The number of hydrogen-bond donors (Lipinski definition) is 0. The number of rotatable bonds is 0. The van der Waals surface area contributed by atoms with Crippen LogP contribution in [0.25, 0.3) is 5.78 Å². The molecule has 0 spiro atoms. The molecule has 6 heteroatoms. The van der Waals surface area contributed by atoms with Gasteiger partial charge in [0.15, 0.2) is 0 Å². The van der Waals surface area contributed by atoms with E-state index in [0.29, 0.717) is 10.8 Å². The van der Waals surface area contributed by atoms with Crippen molar-refractivity contribution in [2.24, 2.45) is 0 Å². The lowest BCUT2D eigenvalue weighted by molar-refractivity contribution is 1.10. The van der Waals surface area contributed by atoms with Gasteiger partial charge in [-0.25, -0.2) is 4.98 Å². The molecule has 11 heavy (non-hydrogen) atoms. The van der Waals surface area contributed by atoms with Crippen LogP contribution in [0, 0.1) is 0 Å². The van der Waals surface area contributed by atoms with Crippen LogP contribution >= 0.6 is 23.2 Å². The van der Waals surface area contributed by atoms with E-state index in [2.05, 4.69) is 15.2 Å². The molecule has 56 valence electrons. The van der Waals surface area contributed by atoms with Gasteiger partial charge < -0.3 is 0 Å². The van der Waals surface area contributed by atoms with Crippen molar-refractivity contribution in [3.05, 3.63) is 22.7 Å². The molecule has 0 bridgehead atoms. The standard InChI is InChI=1S/C5H2Cl2N4/c6-3-1-8-5-10-9-4(7)11(5)2-3/h1-2H. The highest BCUT2D eigenvalue weighted by Gasteiger charge is 2.02. The van der Waals surface area contributed by atoms with E-state index in [4.69, 9.17) is 23.2 Å². The van der Waals surface area contributed by atoms with Gasteiger partial charge in [0.1, 0.15) is 0 Å². The number of nitrogens with zero attached hydrogens (tertiary/aromatic N) is 4. The molecule has 0 aromatic carbocycles. The number of aromatic nitrogens is 4. The second-order valence-electron chi connectivity index (χ2n) is 1.91. The van der Waals surface area contributed by atoms with Gasteiger partial charge in [-0.05, 0) is 11.6 Å². The van der Waals surface area contributed by atoms with Crippen LogP contribution in [0.4, 0.5) is 0 Å². The highest BCUT2D eigenvalue weighted by molar-refractivity contribution is 6.30. The molecule has 0 atom stereocenters. The summed E-state index contributed by atoms with van der Waals surface area (Å²) in [4.78, 5) is 3.87. The number of fused-ring (bicyclic) bond motifs is 1. The Bertz CT molecular complexity index is 396. The van der Waals surface area contributed by atoms with Crippen molar-refractivity contribution in [1.29, 1.82) is 0 Å². The molecule has 0 saturated heterocycles. The van der Waals surface area contributed by atoms with Crippen LogP contribution in [-0.2, 0) is 0 Å². The normalized spacial score (nSPS) is 10.7. The molecule has 0 amide bonds. The third-order valence-corrected chi connectivity index (χ3v) is 1.64. The first-order valence-corrected chi connectivity index (χ1v) is 3.55. The maximum absolute atomic E-state index is 5.65. The Kier molecular flexibility index (Phi) is 1.44. The van der Waals surface area contributed by atoms with Crippen LogP contribution in [0.2, 0.25) is 10.3 Å². The summed E-state index contributed by atoms with van der Waals surface area (Å²) in [5.74, 6) is 0.444. The van der Waals surface area contributed by atoms with E-state index in [1.54, 1.807) is 6.20 Å². The van der Waals surface area contributed by atoms with Crippen molar-refractivity contribution >= 4 is 29.0 Å². The third-order valence-electron chi connectivity index (χ3n) is 1.19. The van der Waals surface area contributed by atoms with E-state index in [9.17, 15) is 0 Å². The molecule has 0 aliphatic rings. The van der Waals surface area contributed by atoms with Crippen LogP contribution in [0.1, 0.15) is 0 Å². The fourth-order valence-corrected chi connectivity index (χ4v) is 1.05. The zero-order chi connectivity index (χ0) is 7.84. The highest BCUT2D eigenvalue weighted by Crippen LogP contribution is 2.10. The van der Waals surface area contributed by atoms with Crippen molar-refractivity contribution < 1.29 is 0 Å². The largest absolute Gasteiger partial charge is 0.256 e. The van der Waals surface area contributed by atoms with E-state index in [1.807, 2.05) is 0 Å². The van der Waals surface area contributed by atoms with Gasteiger partial charge in [0.05, 0.1) is 11.2 Å². The highest BCUT2D eigenvalue weighted by atomic mass is 35.5. The molecule has 0 radical (unpaired) electrons. The van der Waals surface area contributed by atoms with Crippen LogP contribution in [0.3, 0.4) is 0 Å². The molecule has 0 saturated carbocycles. The topological polar surface area (TPSA) is 43.1 Å². The first-order chi connectivity index (χ1) is 5.27. The third kappa shape index (κ3) is 1.04. The predicted octanol–water partition coefficient (Wildman–Crippen LogP) is 1.43. The average Bonchev–Trinajstić information content (AvgIpc) is 2.33. The van der Waals surface area contributed by atoms with E-state index < -0.39 is 0 Å². The summed E-state index contributed by atoms with van der Waals surface area (Å²) >= 11 is 11.3. The van der Waals surface area contributed by atoms with Crippen molar-refractivity contribution in [3.8, 4) is 0 Å². The van der Waals surface area contributed by atoms with Crippen molar-refractivity contribution in [2.75, 3.05) is 0 Å². The Morgan fingerprint density at radius 2 is 2.09 bits per heavy atom.